The fourth-order valence-electron chi connectivity index (χ4n) is 4.00. The van der Waals surface area contributed by atoms with Crippen molar-refractivity contribution in [1.82, 2.24) is 20.0 Å². The molecule has 3 rings (SSSR count). The van der Waals surface area contributed by atoms with Crippen molar-refractivity contribution in [3.63, 3.8) is 0 Å². The van der Waals surface area contributed by atoms with Crippen molar-refractivity contribution in [3.8, 4) is 0 Å². The number of carbonyl (C=O) groups is 1. The van der Waals surface area contributed by atoms with E-state index in [9.17, 15) is 9.59 Å². The summed E-state index contributed by atoms with van der Waals surface area (Å²) in [5, 5.41) is 9.18. The molecule has 1 amide bonds. The van der Waals surface area contributed by atoms with Crippen molar-refractivity contribution < 1.29 is 4.79 Å². The van der Waals surface area contributed by atoms with E-state index in [1.54, 1.807) is 6.07 Å². The van der Waals surface area contributed by atoms with Crippen LogP contribution in [0.25, 0.3) is 10.8 Å². The van der Waals surface area contributed by atoms with Crippen LogP contribution >= 0.6 is 12.4 Å². The number of nitrogens with zero attached hydrogens (tertiary/aromatic N) is 3. The highest BCUT2D eigenvalue weighted by atomic mass is 35.5. The Morgan fingerprint density at radius 1 is 1.14 bits per heavy atom. The van der Waals surface area contributed by atoms with Crippen LogP contribution in [0, 0.1) is 0 Å². The Kier molecular flexibility index (Phi) is 9.11. The summed E-state index contributed by atoms with van der Waals surface area (Å²) in [6.07, 6.45) is 5.83. The predicted molar refractivity (Wildman–Crippen MR) is 120 cm³/mol. The number of rotatable bonds is 8. The number of amides is 1. The normalized spacial score (nSPS) is 14.6. The molecule has 1 N–H and O–H groups in total. The highest BCUT2D eigenvalue weighted by molar-refractivity contribution is 6.04. The fourth-order valence-corrected chi connectivity index (χ4v) is 4.00. The zero-order chi connectivity index (χ0) is 19.9. The number of fused-ring (bicyclic) bond motifs is 1. The molecule has 160 valence electrons. The molecule has 1 aliphatic rings. The first-order chi connectivity index (χ1) is 13.7. The molecule has 1 aromatic carbocycles. The second kappa shape index (κ2) is 11.3. The number of hydrogen-bond donors (Lipinski definition) is 1. The van der Waals surface area contributed by atoms with E-state index in [4.69, 9.17) is 0 Å². The minimum Gasteiger partial charge on any atom is -0.334 e. The Morgan fingerprint density at radius 3 is 2.48 bits per heavy atom. The molecule has 0 saturated carbocycles. The molecule has 7 heteroatoms. The lowest BCUT2D eigenvalue weighted by Gasteiger charge is -2.34. The van der Waals surface area contributed by atoms with E-state index in [2.05, 4.69) is 24.3 Å². The molecule has 0 radical (unpaired) electrons. The lowest BCUT2D eigenvalue weighted by Crippen LogP contribution is -2.47. The van der Waals surface area contributed by atoms with Gasteiger partial charge in [0.05, 0.1) is 5.39 Å². The number of unbranched alkanes of at least 4 members (excludes halogenated alkanes) is 2. The van der Waals surface area contributed by atoms with Crippen LogP contribution in [0.3, 0.4) is 0 Å². The van der Waals surface area contributed by atoms with Crippen molar-refractivity contribution in [2.24, 2.45) is 0 Å². The van der Waals surface area contributed by atoms with Crippen molar-refractivity contribution in [1.29, 1.82) is 0 Å². The number of carbonyl (C=O) groups excluding carboxylic acids is 1. The third-order valence-corrected chi connectivity index (χ3v) is 5.52. The maximum Gasteiger partial charge on any atom is 0.275 e. The van der Waals surface area contributed by atoms with Gasteiger partial charge in [0.15, 0.2) is 5.69 Å². The molecule has 1 aromatic heterocycles. The van der Waals surface area contributed by atoms with Crippen LogP contribution < -0.4 is 10.9 Å². The molecule has 2 heterocycles. The minimum absolute atomic E-state index is 0. The monoisotopic (exact) mass is 420 g/mol. The summed E-state index contributed by atoms with van der Waals surface area (Å²) in [4.78, 5) is 28.4. The first-order valence-corrected chi connectivity index (χ1v) is 10.7. The molecule has 1 saturated heterocycles. The predicted octanol–water partition coefficient (Wildman–Crippen LogP) is 3.61. The van der Waals surface area contributed by atoms with Crippen LogP contribution in [0.15, 0.2) is 29.1 Å². The van der Waals surface area contributed by atoms with E-state index in [-0.39, 0.29) is 29.9 Å². The largest absolute Gasteiger partial charge is 0.334 e. The Hall–Kier alpha value is -1.92. The van der Waals surface area contributed by atoms with Crippen LogP contribution in [-0.2, 0) is 6.54 Å². The zero-order valence-corrected chi connectivity index (χ0v) is 18.3. The van der Waals surface area contributed by atoms with Gasteiger partial charge in [0.25, 0.3) is 11.5 Å². The van der Waals surface area contributed by atoms with E-state index in [0.29, 0.717) is 29.6 Å². The van der Waals surface area contributed by atoms with Gasteiger partial charge in [-0.15, -0.1) is 12.4 Å². The van der Waals surface area contributed by atoms with Gasteiger partial charge in [0.1, 0.15) is 0 Å². The standard InChI is InChI=1S/C22H32N4O2.ClH/c1-3-5-8-16-26-21(27)19-10-7-6-9-18(19)20(24-26)22(28)25(15-4-2)17-11-13-23-14-12-17;/h6-7,9-10,17,23H,3-5,8,11-16H2,1-2H3;1H. The Balaban J connectivity index is 0.00000300. The van der Waals surface area contributed by atoms with Gasteiger partial charge in [0.2, 0.25) is 0 Å². The highest BCUT2D eigenvalue weighted by Gasteiger charge is 2.28. The summed E-state index contributed by atoms with van der Waals surface area (Å²) in [6.45, 7) is 7.37. The van der Waals surface area contributed by atoms with Crippen LogP contribution in [0.2, 0.25) is 0 Å². The van der Waals surface area contributed by atoms with Gasteiger partial charge in [-0.1, -0.05) is 44.9 Å². The molecule has 29 heavy (non-hydrogen) atoms. The molecule has 0 atom stereocenters. The van der Waals surface area contributed by atoms with E-state index >= 15 is 0 Å². The molecular formula is C22H33ClN4O2. The van der Waals surface area contributed by atoms with Crippen LogP contribution in [0.1, 0.15) is 62.9 Å². The number of piperidine rings is 1. The lowest BCUT2D eigenvalue weighted by molar-refractivity contribution is 0.0636. The van der Waals surface area contributed by atoms with Gasteiger partial charge in [0, 0.05) is 24.5 Å². The van der Waals surface area contributed by atoms with Crippen molar-refractivity contribution in [3.05, 3.63) is 40.3 Å². The summed E-state index contributed by atoms with van der Waals surface area (Å²) in [5.74, 6) is -0.0470. The second-order valence-corrected chi connectivity index (χ2v) is 7.61. The first kappa shape index (κ1) is 23.4. The lowest BCUT2D eigenvalue weighted by atomic mass is 10.0. The summed E-state index contributed by atoms with van der Waals surface area (Å²) in [7, 11) is 0. The maximum absolute atomic E-state index is 13.6. The summed E-state index contributed by atoms with van der Waals surface area (Å²) in [6, 6.07) is 7.61. The Labute approximate surface area is 179 Å². The molecule has 6 nitrogen and oxygen atoms in total. The van der Waals surface area contributed by atoms with Crippen LogP contribution in [-0.4, -0.2) is 46.3 Å². The number of aryl methyl sites for hydroxylation is 1. The summed E-state index contributed by atoms with van der Waals surface area (Å²) >= 11 is 0. The number of halogens is 1. The van der Waals surface area contributed by atoms with Crippen molar-refractivity contribution in [2.75, 3.05) is 19.6 Å². The van der Waals surface area contributed by atoms with Gasteiger partial charge < -0.3 is 10.2 Å². The SMILES string of the molecule is CCCCCn1nc(C(=O)N(CCC)C2CCNCC2)c2ccccc2c1=O.Cl. The third kappa shape index (κ3) is 5.37. The van der Waals surface area contributed by atoms with E-state index < -0.39 is 0 Å². The minimum atomic E-state index is -0.104. The number of benzene rings is 1. The summed E-state index contributed by atoms with van der Waals surface area (Å²) < 4.78 is 1.50. The molecule has 1 fully saturated rings. The Morgan fingerprint density at radius 2 is 1.83 bits per heavy atom. The molecule has 0 bridgehead atoms. The van der Waals surface area contributed by atoms with Gasteiger partial charge in [-0.3, -0.25) is 9.59 Å². The molecule has 0 aliphatic carbocycles. The van der Waals surface area contributed by atoms with Gasteiger partial charge in [-0.05, 0) is 44.8 Å². The molecule has 1 aliphatic heterocycles. The van der Waals surface area contributed by atoms with E-state index in [1.165, 1.54) is 4.68 Å². The number of aromatic nitrogens is 2. The van der Waals surface area contributed by atoms with Crippen LogP contribution in [0.4, 0.5) is 0 Å². The maximum atomic E-state index is 13.6. The van der Waals surface area contributed by atoms with Crippen LogP contribution in [0.5, 0.6) is 0 Å². The summed E-state index contributed by atoms with van der Waals surface area (Å²) in [5.41, 5.74) is 0.311. The second-order valence-electron chi connectivity index (χ2n) is 7.61. The van der Waals surface area contributed by atoms with Crippen molar-refractivity contribution >= 4 is 29.1 Å². The molecule has 0 spiro atoms. The first-order valence-electron chi connectivity index (χ1n) is 10.7. The quantitative estimate of drug-likeness (QED) is 0.662. The zero-order valence-electron chi connectivity index (χ0n) is 17.5. The third-order valence-electron chi connectivity index (χ3n) is 5.52. The fraction of sp³-hybridized carbons (Fsp3) is 0.591. The Bertz CT molecular complexity index is 862. The smallest absolute Gasteiger partial charge is 0.275 e. The van der Waals surface area contributed by atoms with E-state index in [0.717, 1.165) is 51.6 Å². The molecule has 2 aromatic rings. The topological polar surface area (TPSA) is 67.2 Å². The average molecular weight is 421 g/mol. The molecule has 0 unspecified atom stereocenters. The molecular weight excluding hydrogens is 388 g/mol. The van der Waals surface area contributed by atoms with Gasteiger partial charge in [-0.25, -0.2) is 4.68 Å². The number of nitrogens with one attached hydrogen (secondary N) is 1. The average Bonchev–Trinajstić information content (AvgIpc) is 2.74. The van der Waals surface area contributed by atoms with E-state index in [1.807, 2.05) is 23.1 Å². The van der Waals surface area contributed by atoms with Gasteiger partial charge >= 0.3 is 0 Å². The van der Waals surface area contributed by atoms with Crippen molar-refractivity contribution in [2.45, 2.75) is 65.0 Å². The highest BCUT2D eigenvalue weighted by Crippen LogP contribution is 2.20. The number of hydrogen-bond acceptors (Lipinski definition) is 4. The van der Waals surface area contributed by atoms with Gasteiger partial charge in [-0.2, -0.15) is 5.10 Å².